The van der Waals surface area contributed by atoms with Gasteiger partial charge in [0.05, 0.1) is 7.11 Å². The molecule has 1 aromatic carbocycles. The predicted octanol–water partition coefficient (Wildman–Crippen LogP) is 5.68. The SMILES string of the molecule is COCOc1ccc(OC)cc1C(C)(C)PC1=C(CN2CCCCC2)CCC=C1. The minimum Gasteiger partial charge on any atom is -0.497 e. The van der Waals surface area contributed by atoms with E-state index >= 15 is 0 Å². The number of methoxy groups -OCH3 is 2. The largest absolute Gasteiger partial charge is 0.497 e. The smallest absolute Gasteiger partial charge is 0.188 e. The molecular formula is C24H36NO3P. The van der Waals surface area contributed by atoms with E-state index in [1.54, 1.807) is 19.8 Å². The van der Waals surface area contributed by atoms with Crippen LogP contribution in [0.5, 0.6) is 11.5 Å². The van der Waals surface area contributed by atoms with Crippen molar-refractivity contribution in [2.24, 2.45) is 0 Å². The molecular weight excluding hydrogens is 381 g/mol. The average molecular weight is 418 g/mol. The Morgan fingerprint density at radius 3 is 2.62 bits per heavy atom. The molecule has 160 valence electrons. The highest BCUT2D eigenvalue weighted by atomic mass is 31.1. The molecule has 2 aliphatic rings. The van der Waals surface area contributed by atoms with Gasteiger partial charge in [0.1, 0.15) is 11.5 Å². The molecule has 5 heteroatoms. The molecule has 0 bridgehead atoms. The van der Waals surface area contributed by atoms with Crippen molar-refractivity contribution in [1.29, 1.82) is 0 Å². The van der Waals surface area contributed by atoms with Crippen LogP contribution in [0.1, 0.15) is 51.5 Å². The first-order valence-electron chi connectivity index (χ1n) is 10.7. The first kappa shape index (κ1) is 22.3. The van der Waals surface area contributed by atoms with Crippen molar-refractivity contribution in [3.8, 4) is 11.5 Å². The number of piperidine rings is 1. The molecule has 1 aromatic rings. The van der Waals surface area contributed by atoms with Crippen LogP contribution < -0.4 is 9.47 Å². The lowest BCUT2D eigenvalue weighted by Crippen LogP contribution is -2.32. The predicted molar refractivity (Wildman–Crippen MR) is 123 cm³/mol. The van der Waals surface area contributed by atoms with Crippen LogP contribution in [0.4, 0.5) is 0 Å². The summed E-state index contributed by atoms with van der Waals surface area (Å²) in [6.07, 6.45) is 11.1. The molecule has 1 atom stereocenters. The zero-order valence-corrected chi connectivity index (χ0v) is 19.4. The maximum atomic E-state index is 5.89. The minimum atomic E-state index is -0.0538. The van der Waals surface area contributed by atoms with Gasteiger partial charge in [-0.2, -0.15) is 0 Å². The third-order valence-electron chi connectivity index (χ3n) is 5.78. The fourth-order valence-electron chi connectivity index (χ4n) is 4.17. The van der Waals surface area contributed by atoms with Gasteiger partial charge in [0, 0.05) is 24.4 Å². The first-order chi connectivity index (χ1) is 14.0. The van der Waals surface area contributed by atoms with Crippen LogP contribution in [-0.4, -0.2) is 45.5 Å². The molecule has 1 aliphatic heterocycles. The Balaban J connectivity index is 1.84. The minimum absolute atomic E-state index is 0.0538. The van der Waals surface area contributed by atoms with Gasteiger partial charge in [0.25, 0.3) is 0 Å². The second kappa shape index (κ2) is 10.6. The quantitative estimate of drug-likeness (QED) is 0.382. The zero-order chi connectivity index (χ0) is 20.7. The topological polar surface area (TPSA) is 30.9 Å². The number of rotatable bonds is 9. The van der Waals surface area contributed by atoms with Gasteiger partial charge in [-0.3, -0.25) is 4.90 Å². The third kappa shape index (κ3) is 6.07. The van der Waals surface area contributed by atoms with Crippen LogP contribution in [0, 0.1) is 0 Å². The van der Waals surface area contributed by atoms with Gasteiger partial charge >= 0.3 is 0 Å². The number of benzene rings is 1. The molecule has 1 saturated heterocycles. The Bertz CT molecular complexity index is 736. The van der Waals surface area contributed by atoms with Crippen LogP contribution in [0.25, 0.3) is 0 Å². The van der Waals surface area contributed by atoms with E-state index in [0.29, 0.717) is 8.58 Å². The van der Waals surface area contributed by atoms with E-state index < -0.39 is 0 Å². The molecule has 3 rings (SSSR count). The maximum Gasteiger partial charge on any atom is 0.188 e. The Morgan fingerprint density at radius 2 is 1.90 bits per heavy atom. The fraction of sp³-hybridized carbons (Fsp3) is 0.583. The molecule has 29 heavy (non-hydrogen) atoms. The Kier molecular flexibility index (Phi) is 8.17. The zero-order valence-electron chi connectivity index (χ0n) is 18.4. The van der Waals surface area contributed by atoms with Crippen LogP contribution in [-0.2, 0) is 9.89 Å². The molecule has 1 heterocycles. The highest BCUT2D eigenvalue weighted by molar-refractivity contribution is 7.44. The number of likely N-dealkylation sites (tertiary alicyclic amines) is 1. The highest BCUT2D eigenvalue weighted by Crippen LogP contribution is 2.52. The van der Waals surface area contributed by atoms with E-state index in [1.165, 1.54) is 56.1 Å². The second-order valence-electron chi connectivity index (χ2n) is 8.46. The summed E-state index contributed by atoms with van der Waals surface area (Å²) in [6.45, 7) is 8.51. The van der Waals surface area contributed by atoms with Crippen molar-refractivity contribution < 1.29 is 14.2 Å². The Labute approximate surface area is 178 Å². The summed E-state index contributed by atoms with van der Waals surface area (Å²) in [6, 6.07) is 6.07. The van der Waals surface area contributed by atoms with Gasteiger partial charge in [0.2, 0.25) is 0 Å². The van der Waals surface area contributed by atoms with E-state index in [0.717, 1.165) is 18.0 Å². The fourth-order valence-corrected chi connectivity index (χ4v) is 5.76. The van der Waals surface area contributed by atoms with Crippen molar-refractivity contribution in [2.75, 3.05) is 40.6 Å². The van der Waals surface area contributed by atoms with Gasteiger partial charge in [-0.05, 0) is 67.9 Å². The lowest BCUT2D eigenvalue weighted by molar-refractivity contribution is 0.0501. The first-order valence-corrected chi connectivity index (χ1v) is 11.7. The molecule has 0 N–H and O–H groups in total. The molecule has 0 aromatic heterocycles. The monoisotopic (exact) mass is 417 g/mol. The van der Waals surface area contributed by atoms with Gasteiger partial charge in [-0.25, -0.2) is 0 Å². The van der Waals surface area contributed by atoms with Gasteiger partial charge < -0.3 is 14.2 Å². The van der Waals surface area contributed by atoms with Crippen molar-refractivity contribution in [3.63, 3.8) is 0 Å². The molecule has 1 fully saturated rings. The summed E-state index contributed by atoms with van der Waals surface area (Å²) in [7, 11) is 4.04. The molecule has 1 unspecified atom stereocenters. The van der Waals surface area contributed by atoms with Gasteiger partial charge in [0.15, 0.2) is 6.79 Å². The number of hydrogen-bond donors (Lipinski definition) is 0. The number of nitrogens with zero attached hydrogens (tertiary/aromatic N) is 1. The summed E-state index contributed by atoms with van der Waals surface area (Å²) in [5.74, 6) is 1.74. The van der Waals surface area contributed by atoms with Crippen molar-refractivity contribution in [1.82, 2.24) is 4.90 Å². The van der Waals surface area contributed by atoms with E-state index in [-0.39, 0.29) is 11.9 Å². The summed E-state index contributed by atoms with van der Waals surface area (Å²) >= 11 is 0. The third-order valence-corrected chi connectivity index (χ3v) is 7.46. The van der Waals surface area contributed by atoms with Crippen molar-refractivity contribution >= 4 is 8.58 Å². The van der Waals surface area contributed by atoms with E-state index in [1.807, 2.05) is 12.1 Å². The normalized spacial score (nSPS) is 18.6. The van der Waals surface area contributed by atoms with Crippen LogP contribution in [0.3, 0.4) is 0 Å². The van der Waals surface area contributed by atoms with Crippen molar-refractivity contribution in [2.45, 2.75) is 51.1 Å². The van der Waals surface area contributed by atoms with Gasteiger partial charge in [-0.15, -0.1) is 0 Å². The summed E-state index contributed by atoms with van der Waals surface area (Å²) in [4.78, 5) is 2.65. The highest BCUT2D eigenvalue weighted by Gasteiger charge is 2.28. The summed E-state index contributed by atoms with van der Waals surface area (Å²) in [5.41, 5.74) is 2.80. The van der Waals surface area contributed by atoms with Crippen LogP contribution in [0.15, 0.2) is 41.2 Å². The number of allylic oxidation sites excluding steroid dienone is 3. The van der Waals surface area contributed by atoms with Crippen molar-refractivity contribution in [3.05, 3.63) is 46.8 Å². The average Bonchev–Trinajstić information content (AvgIpc) is 2.74. The van der Waals surface area contributed by atoms with E-state index in [4.69, 9.17) is 14.2 Å². The van der Waals surface area contributed by atoms with Crippen LogP contribution >= 0.6 is 8.58 Å². The molecule has 0 radical (unpaired) electrons. The second-order valence-corrected chi connectivity index (χ2v) is 10.5. The molecule has 0 amide bonds. The Hall–Kier alpha value is -1.35. The summed E-state index contributed by atoms with van der Waals surface area (Å²) < 4.78 is 16.5. The Morgan fingerprint density at radius 1 is 1.10 bits per heavy atom. The molecule has 0 saturated carbocycles. The summed E-state index contributed by atoms with van der Waals surface area (Å²) in [5, 5.41) is 1.47. The van der Waals surface area contributed by atoms with Crippen LogP contribution in [0.2, 0.25) is 0 Å². The van der Waals surface area contributed by atoms with Gasteiger partial charge in [-0.1, -0.05) is 41.0 Å². The number of hydrogen-bond acceptors (Lipinski definition) is 4. The lowest BCUT2D eigenvalue weighted by Gasteiger charge is -2.32. The molecule has 4 nitrogen and oxygen atoms in total. The number of ether oxygens (including phenoxy) is 3. The van der Waals surface area contributed by atoms with E-state index in [2.05, 4.69) is 37.0 Å². The lowest BCUT2D eigenvalue weighted by atomic mass is 10.0. The molecule has 1 aliphatic carbocycles. The van der Waals surface area contributed by atoms with E-state index in [9.17, 15) is 0 Å². The maximum absolute atomic E-state index is 5.89. The standard InChI is InChI=1S/C24H36NO3P/c1-24(2,21-16-20(27-4)12-13-22(21)28-18-26-3)29-23-11-7-6-10-19(23)17-25-14-8-5-9-15-25/h7,11-13,16,29H,5-6,8-10,14-15,17-18H2,1-4H3. The molecule has 0 spiro atoms.